The molecule has 0 aliphatic heterocycles. The molecule has 1 aliphatic rings. The van der Waals surface area contributed by atoms with Crippen LogP contribution in [-0.4, -0.2) is 82.5 Å². The molecule has 1 fully saturated rings. The maximum absolute atomic E-state index is 14.0. The summed E-state index contributed by atoms with van der Waals surface area (Å²) in [6.07, 6.45) is -12.5. The van der Waals surface area contributed by atoms with Crippen molar-refractivity contribution in [3.05, 3.63) is 362 Å². The molecule has 19 aromatic rings. The molecule has 25 nitrogen and oxygen atoms in total. The van der Waals surface area contributed by atoms with Crippen molar-refractivity contribution in [3.63, 3.8) is 0 Å². The van der Waals surface area contributed by atoms with Crippen LogP contribution >= 0.6 is 23.2 Å². The molecule has 0 saturated heterocycles. The van der Waals surface area contributed by atoms with E-state index in [1.54, 1.807) is 100 Å². The molecule has 20 rings (SSSR count). The minimum atomic E-state index is -4.43. The molecular formula is C102H73Cl2F16N25. The second kappa shape index (κ2) is 41.0. The minimum Gasteiger partial charge on any atom is -0.340 e. The maximum atomic E-state index is 14.0. The van der Waals surface area contributed by atoms with Crippen LogP contribution in [0, 0.1) is 88.3 Å². The van der Waals surface area contributed by atoms with Crippen LogP contribution in [0.3, 0.4) is 0 Å². The molecular weight excluding hydrogens is 1950 g/mol. The Hall–Kier alpha value is -17.4. The number of benzene rings is 8. The van der Waals surface area contributed by atoms with Crippen LogP contribution in [0.15, 0.2) is 255 Å². The Morgan fingerprint density at radius 2 is 0.690 bits per heavy atom. The smallest absolute Gasteiger partial charge is 0.340 e. The summed E-state index contributed by atoms with van der Waals surface area (Å²) in [5, 5.41) is 44.2. The Morgan fingerprint density at radius 1 is 0.331 bits per heavy atom. The van der Waals surface area contributed by atoms with Gasteiger partial charge in [-0.3, -0.25) is 32.6 Å². The van der Waals surface area contributed by atoms with E-state index in [0.29, 0.717) is 136 Å². The zero-order chi connectivity index (χ0) is 103. The fourth-order valence-electron chi connectivity index (χ4n) is 15.4. The largest absolute Gasteiger partial charge is 0.416 e. The summed E-state index contributed by atoms with van der Waals surface area (Å²) in [5.74, 6) is 6.48. The summed E-state index contributed by atoms with van der Waals surface area (Å²) >= 11 is 12.2. The van der Waals surface area contributed by atoms with Crippen LogP contribution < -0.4 is 26.6 Å². The fraction of sp³-hybridized carbons (Fsp3) is 0.147. The van der Waals surface area contributed by atoms with Crippen molar-refractivity contribution in [3.8, 4) is 52.9 Å². The molecule has 145 heavy (non-hydrogen) atoms. The highest BCUT2D eigenvalue weighted by Gasteiger charge is 2.36. The number of aryl methyl sites for hydroxylation is 6. The lowest BCUT2D eigenvalue weighted by Crippen LogP contribution is -2.06. The highest BCUT2D eigenvalue weighted by Crippen LogP contribution is 2.46. The molecule has 1 saturated carbocycles. The van der Waals surface area contributed by atoms with Crippen molar-refractivity contribution in [2.75, 3.05) is 26.6 Å². The predicted octanol–water partition coefficient (Wildman–Crippen LogP) is 27.6. The number of nitrogens with one attached hydrogen (secondary N) is 5. The van der Waals surface area contributed by atoms with E-state index in [9.17, 15) is 86.0 Å². The van der Waals surface area contributed by atoms with Crippen molar-refractivity contribution in [1.29, 1.82) is 15.8 Å². The molecule has 43 heteroatoms. The number of pyridine rings is 4. The van der Waals surface area contributed by atoms with Crippen molar-refractivity contribution >= 4 is 119 Å². The van der Waals surface area contributed by atoms with Gasteiger partial charge in [-0.2, -0.15) is 81.6 Å². The van der Waals surface area contributed by atoms with Crippen LogP contribution in [0.2, 0.25) is 10.0 Å². The fourth-order valence-corrected chi connectivity index (χ4v) is 15.7. The van der Waals surface area contributed by atoms with Crippen molar-refractivity contribution < 1.29 is 70.2 Å². The topological polar surface area (TPSA) is 310 Å². The molecule has 5 N–H and O–H groups in total. The summed E-state index contributed by atoms with van der Waals surface area (Å²) in [6.45, 7) is 13.2. The van der Waals surface area contributed by atoms with E-state index in [-0.39, 0.29) is 11.7 Å². The minimum absolute atomic E-state index is 0.242. The lowest BCUT2D eigenvalue weighted by atomic mass is 10.1. The first-order valence-corrected chi connectivity index (χ1v) is 44.2. The number of aromatic nitrogens is 17. The predicted molar refractivity (Wildman–Crippen MR) is 515 cm³/mol. The number of alkyl halides is 15. The number of nitriles is 3. The van der Waals surface area contributed by atoms with Gasteiger partial charge in [-0.15, -0.1) is 0 Å². The van der Waals surface area contributed by atoms with Gasteiger partial charge in [0.15, 0.2) is 23.3 Å². The quantitative estimate of drug-likeness (QED) is 0.0561. The van der Waals surface area contributed by atoms with E-state index in [2.05, 4.69) is 105 Å². The Morgan fingerprint density at radius 3 is 1.10 bits per heavy atom. The van der Waals surface area contributed by atoms with Gasteiger partial charge in [-0.25, -0.2) is 54.2 Å². The Kier molecular flexibility index (Phi) is 28.5. The van der Waals surface area contributed by atoms with E-state index in [1.807, 2.05) is 62.0 Å². The van der Waals surface area contributed by atoms with Gasteiger partial charge in [0.1, 0.15) is 63.9 Å². The van der Waals surface area contributed by atoms with Gasteiger partial charge >= 0.3 is 30.9 Å². The third kappa shape index (κ3) is 23.8. The number of nitrogens with zero attached hydrogens (tertiary/aromatic N) is 20. The van der Waals surface area contributed by atoms with E-state index < -0.39 is 64.5 Å². The number of halogens is 18. The Labute approximate surface area is 822 Å². The second-order valence-electron chi connectivity index (χ2n) is 32.8. The number of hydrogen-bond donors (Lipinski definition) is 5. The van der Waals surface area contributed by atoms with Crippen LogP contribution in [0.4, 0.5) is 128 Å². The molecule has 8 aromatic carbocycles. The molecule has 11 aromatic heterocycles. The third-order valence-corrected chi connectivity index (χ3v) is 22.8. The number of imidazole rings is 5. The summed E-state index contributed by atoms with van der Waals surface area (Å²) < 4.78 is 214. The van der Waals surface area contributed by atoms with Gasteiger partial charge < -0.3 is 26.6 Å². The van der Waals surface area contributed by atoms with Gasteiger partial charge in [-0.1, -0.05) is 29.3 Å². The first-order valence-electron chi connectivity index (χ1n) is 43.5. The molecule has 0 radical (unpaired) electrons. The second-order valence-corrected chi connectivity index (χ2v) is 33.7. The van der Waals surface area contributed by atoms with Gasteiger partial charge in [0.25, 0.3) is 0 Å². The monoisotopic (exact) mass is 2020 g/mol. The SMILES string of the molecule is Cc1ccc2nc(C)n(-c3cncc(Nc4ccc(C(F)(F)F)cc4)n3)c2c1.Cc1nc(C)n(-c2cncc(Nc3ccc(C(F)(F)F)cc3)n2)c1C.Cc1nc2cc(Cl)ccc2n1-c1cc(C#N)cc(Nc2ccc(C(F)(F)F)cc2)n1.Cc1nc2ccc(Cl)cc2n1-c1cc(C#N)cc(Nc2ccc(C(F)(F)F)cc2)n1.N#Cc1cc(Nc2ccc(C(F)(F)F)cc2)nc(-c2c(C3CC3)nc3ccc(F)cn23)c1. The number of rotatable bonds is 16. The van der Waals surface area contributed by atoms with E-state index in [0.717, 1.165) is 135 Å². The summed E-state index contributed by atoms with van der Waals surface area (Å²) in [5.41, 5.74) is 9.54. The van der Waals surface area contributed by atoms with Gasteiger partial charge in [0, 0.05) is 56.3 Å². The molecule has 0 unspecified atom stereocenters. The first kappa shape index (κ1) is 101. The molecule has 0 spiro atoms. The van der Waals surface area contributed by atoms with Crippen LogP contribution in [0.25, 0.3) is 73.4 Å². The van der Waals surface area contributed by atoms with Gasteiger partial charge in [0.05, 0.1) is 143 Å². The zero-order valence-electron chi connectivity index (χ0n) is 76.5. The molecule has 732 valence electrons. The highest BCUT2D eigenvalue weighted by atomic mass is 35.5. The lowest BCUT2D eigenvalue weighted by molar-refractivity contribution is -0.138. The van der Waals surface area contributed by atoms with E-state index >= 15 is 0 Å². The zero-order valence-corrected chi connectivity index (χ0v) is 78.0. The van der Waals surface area contributed by atoms with Crippen LogP contribution in [-0.2, 0) is 30.9 Å². The number of anilines is 10. The molecule has 0 amide bonds. The molecule has 0 atom stereocenters. The number of hydrogen-bond acceptors (Lipinski definition) is 20. The normalized spacial score (nSPS) is 12.1. The van der Waals surface area contributed by atoms with Crippen molar-refractivity contribution in [1.82, 2.24) is 82.5 Å². The molecule has 1 aliphatic carbocycles. The Bertz CT molecular complexity index is 8190. The van der Waals surface area contributed by atoms with Crippen LogP contribution in [0.5, 0.6) is 0 Å². The summed E-state index contributed by atoms with van der Waals surface area (Å²) in [4.78, 5) is 53.6. The Balaban J connectivity index is 0.000000130. The maximum Gasteiger partial charge on any atom is 0.416 e. The summed E-state index contributed by atoms with van der Waals surface area (Å²) in [7, 11) is 0. The van der Waals surface area contributed by atoms with E-state index in [4.69, 9.17) is 23.2 Å². The van der Waals surface area contributed by atoms with Crippen LogP contribution in [0.1, 0.15) is 109 Å². The van der Waals surface area contributed by atoms with Gasteiger partial charge in [0.2, 0.25) is 0 Å². The lowest BCUT2D eigenvalue weighted by Gasteiger charge is -2.12. The van der Waals surface area contributed by atoms with Crippen molar-refractivity contribution in [2.45, 2.75) is 98.1 Å². The highest BCUT2D eigenvalue weighted by molar-refractivity contribution is 6.31. The molecule has 11 heterocycles. The third-order valence-electron chi connectivity index (χ3n) is 22.3. The number of fused-ring (bicyclic) bond motifs is 4. The van der Waals surface area contributed by atoms with Crippen molar-refractivity contribution in [2.24, 2.45) is 0 Å². The average molecular weight is 2020 g/mol. The standard InChI is InChI=1S/C23H15F4N5.2C21H13ClF3N5.C20H16F3N5.C17H16F3N5/c24-16-5-8-20-31-21(14-1-2-14)22(32(20)12-16)18-9-13(11-28)10-19(30-18)29-17-6-3-15(4-7-17)23(25,26)27;1-12-27-17-10-15(22)4-7-18(17)30(12)20-9-13(11-26)8-19(29-20)28-16-5-2-14(3-6-16)21(23,24)25;1-12-27-17-7-4-15(22)10-18(17)30(12)20-9-13(11-26)8-19(29-20)28-16-5-2-14(3-6-16)21(23,24)25;1-12-3-8-16-17(9-12)28(13(2)25-16)19-11-24-10-18(27-19)26-15-6-4-14(5-7-15)20(21,22)23;1-10-11(2)25(12(3)22-10)16-9-21-8-15(24-16)23-14-6-4-13(5-7-14)17(18,19)20/h3-10,12,14H,1-2H2,(H,29,30);2*2-10H,1H3,(H,28,29);3-11H,1-2H3,(H,26,27);4-9H,1-3H3,(H,23,24). The molecule has 0 bridgehead atoms. The van der Waals surface area contributed by atoms with E-state index in [1.165, 1.54) is 104 Å². The first-order chi connectivity index (χ1) is 68.9. The summed E-state index contributed by atoms with van der Waals surface area (Å²) in [6, 6.07) is 58.2. The average Bonchev–Trinajstić information content (AvgIpc) is 1.59. The van der Waals surface area contributed by atoms with Gasteiger partial charge in [-0.05, 0) is 285 Å².